The molecular formula is C11H20N2O3. The van der Waals surface area contributed by atoms with Crippen molar-refractivity contribution in [2.24, 2.45) is 5.92 Å². The number of piperidine rings is 1. The summed E-state index contributed by atoms with van der Waals surface area (Å²) in [5.41, 5.74) is 0. The van der Waals surface area contributed by atoms with Crippen molar-refractivity contribution in [1.29, 1.82) is 0 Å². The Labute approximate surface area is 95.8 Å². The minimum Gasteiger partial charge on any atom is -0.481 e. The third-order valence-electron chi connectivity index (χ3n) is 2.97. The number of amides is 1. The third-order valence-corrected chi connectivity index (χ3v) is 2.97. The summed E-state index contributed by atoms with van der Waals surface area (Å²) >= 11 is 0. The number of aliphatic carboxylic acids is 1. The molecule has 5 nitrogen and oxygen atoms in total. The van der Waals surface area contributed by atoms with Gasteiger partial charge in [0.25, 0.3) is 0 Å². The van der Waals surface area contributed by atoms with Crippen molar-refractivity contribution in [1.82, 2.24) is 10.2 Å². The standard InChI is InChI=1S/C11H20N2O3/c1-2-12-10(14)5-8-13-6-3-9(4-7-13)11(15)16/h9H,2-8H2,1H3,(H,12,14)(H,15,16). The zero-order valence-electron chi connectivity index (χ0n) is 9.74. The Morgan fingerprint density at radius 2 is 2.00 bits per heavy atom. The molecule has 1 rings (SSSR count). The fraction of sp³-hybridized carbons (Fsp3) is 0.818. The van der Waals surface area contributed by atoms with Crippen LogP contribution in [0.2, 0.25) is 0 Å². The molecule has 1 heterocycles. The van der Waals surface area contributed by atoms with E-state index >= 15 is 0 Å². The highest BCUT2D eigenvalue weighted by Gasteiger charge is 2.24. The van der Waals surface area contributed by atoms with E-state index in [0.29, 0.717) is 25.8 Å². The summed E-state index contributed by atoms with van der Waals surface area (Å²) in [5, 5.41) is 11.6. The zero-order valence-corrected chi connectivity index (χ0v) is 9.74. The maximum Gasteiger partial charge on any atom is 0.306 e. The van der Waals surface area contributed by atoms with Crippen LogP contribution in [0.4, 0.5) is 0 Å². The highest BCUT2D eigenvalue weighted by molar-refractivity contribution is 5.76. The minimum atomic E-state index is -0.691. The molecule has 0 bridgehead atoms. The lowest BCUT2D eigenvalue weighted by molar-refractivity contribution is -0.143. The summed E-state index contributed by atoms with van der Waals surface area (Å²) in [7, 11) is 0. The normalized spacial score (nSPS) is 18.3. The van der Waals surface area contributed by atoms with Crippen molar-refractivity contribution in [2.75, 3.05) is 26.2 Å². The second-order valence-corrected chi connectivity index (χ2v) is 4.16. The number of nitrogens with zero attached hydrogens (tertiary/aromatic N) is 1. The number of carbonyl (C=O) groups is 2. The van der Waals surface area contributed by atoms with Gasteiger partial charge in [0.2, 0.25) is 5.91 Å². The molecule has 16 heavy (non-hydrogen) atoms. The Morgan fingerprint density at radius 1 is 1.38 bits per heavy atom. The van der Waals surface area contributed by atoms with E-state index in [2.05, 4.69) is 10.2 Å². The van der Waals surface area contributed by atoms with Gasteiger partial charge in [-0.1, -0.05) is 0 Å². The van der Waals surface area contributed by atoms with E-state index < -0.39 is 5.97 Å². The smallest absolute Gasteiger partial charge is 0.306 e. The number of rotatable bonds is 5. The van der Waals surface area contributed by atoms with E-state index in [4.69, 9.17) is 5.11 Å². The van der Waals surface area contributed by atoms with Crippen LogP contribution < -0.4 is 5.32 Å². The predicted molar refractivity (Wildman–Crippen MR) is 60.1 cm³/mol. The molecular weight excluding hydrogens is 208 g/mol. The molecule has 2 N–H and O–H groups in total. The largest absolute Gasteiger partial charge is 0.481 e. The highest BCUT2D eigenvalue weighted by atomic mass is 16.4. The molecule has 0 aliphatic carbocycles. The SMILES string of the molecule is CCNC(=O)CCN1CCC(C(=O)O)CC1. The van der Waals surface area contributed by atoms with Crippen LogP contribution in [0.15, 0.2) is 0 Å². The third kappa shape index (κ3) is 4.18. The highest BCUT2D eigenvalue weighted by Crippen LogP contribution is 2.17. The van der Waals surface area contributed by atoms with Crippen molar-refractivity contribution in [3.05, 3.63) is 0 Å². The summed E-state index contributed by atoms with van der Waals surface area (Å²) in [4.78, 5) is 24.1. The number of hydrogen-bond donors (Lipinski definition) is 2. The Balaban J connectivity index is 2.17. The Kier molecular flexibility index (Phi) is 5.25. The predicted octanol–water partition coefficient (Wildman–Crippen LogP) is 0.309. The van der Waals surface area contributed by atoms with Crippen LogP contribution in [0.1, 0.15) is 26.2 Å². The van der Waals surface area contributed by atoms with Crippen molar-refractivity contribution >= 4 is 11.9 Å². The lowest BCUT2D eigenvalue weighted by atomic mass is 9.97. The van der Waals surface area contributed by atoms with Gasteiger partial charge in [0.05, 0.1) is 5.92 Å². The maximum atomic E-state index is 11.2. The van der Waals surface area contributed by atoms with Crippen LogP contribution in [0.3, 0.4) is 0 Å². The summed E-state index contributed by atoms with van der Waals surface area (Å²) in [6, 6.07) is 0. The fourth-order valence-corrected chi connectivity index (χ4v) is 1.95. The van der Waals surface area contributed by atoms with Gasteiger partial charge >= 0.3 is 5.97 Å². The van der Waals surface area contributed by atoms with Crippen LogP contribution in [0.5, 0.6) is 0 Å². The second-order valence-electron chi connectivity index (χ2n) is 4.16. The van der Waals surface area contributed by atoms with Gasteiger partial charge in [-0.05, 0) is 32.9 Å². The zero-order chi connectivity index (χ0) is 12.0. The molecule has 0 saturated carbocycles. The van der Waals surface area contributed by atoms with Crippen molar-refractivity contribution in [3.8, 4) is 0 Å². The molecule has 0 aromatic heterocycles. The van der Waals surface area contributed by atoms with E-state index in [9.17, 15) is 9.59 Å². The van der Waals surface area contributed by atoms with E-state index in [1.165, 1.54) is 0 Å². The number of nitrogens with one attached hydrogen (secondary N) is 1. The monoisotopic (exact) mass is 228 g/mol. The molecule has 0 spiro atoms. The molecule has 0 radical (unpaired) electrons. The molecule has 1 saturated heterocycles. The van der Waals surface area contributed by atoms with Gasteiger partial charge in [0.1, 0.15) is 0 Å². The van der Waals surface area contributed by atoms with Gasteiger partial charge in [-0.15, -0.1) is 0 Å². The Hall–Kier alpha value is -1.10. The molecule has 5 heteroatoms. The molecule has 92 valence electrons. The molecule has 0 unspecified atom stereocenters. The number of carboxylic acid groups (broad SMARTS) is 1. The molecule has 1 aliphatic heterocycles. The van der Waals surface area contributed by atoms with E-state index in [0.717, 1.165) is 19.6 Å². The van der Waals surface area contributed by atoms with Gasteiger partial charge in [-0.3, -0.25) is 9.59 Å². The lowest BCUT2D eigenvalue weighted by Gasteiger charge is -2.29. The van der Waals surface area contributed by atoms with Gasteiger partial charge < -0.3 is 15.3 Å². The van der Waals surface area contributed by atoms with Gasteiger partial charge in [0, 0.05) is 19.5 Å². The molecule has 0 aromatic carbocycles. The lowest BCUT2D eigenvalue weighted by Crippen LogP contribution is -2.38. The molecule has 1 fully saturated rings. The van der Waals surface area contributed by atoms with Crippen molar-refractivity contribution in [2.45, 2.75) is 26.2 Å². The summed E-state index contributed by atoms with van der Waals surface area (Å²) in [6.07, 6.45) is 1.90. The quantitative estimate of drug-likeness (QED) is 0.710. The Bertz CT molecular complexity index is 248. The molecule has 0 aromatic rings. The Morgan fingerprint density at radius 3 is 2.50 bits per heavy atom. The van der Waals surface area contributed by atoms with Crippen LogP contribution in [-0.4, -0.2) is 48.1 Å². The average molecular weight is 228 g/mol. The summed E-state index contributed by atoms with van der Waals surface area (Å²) in [5.74, 6) is -0.813. The first kappa shape index (κ1) is 13.0. The topological polar surface area (TPSA) is 69.6 Å². The first-order chi connectivity index (χ1) is 7.63. The number of hydrogen-bond acceptors (Lipinski definition) is 3. The average Bonchev–Trinajstić information content (AvgIpc) is 2.27. The van der Waals surface area contributed by atoms with Crippen molar-refractivity contribution in [3.63, 3.8) is 0 Å². The number of likely N-dealkylation sites (tertiary alicyclic amines) is 1. The van der Waals surface area contributed by atoms with E-state index in [-0.39, 0.29) is 11.8 Å². The van der Waals surface area contributed by atoms with Gasteiger partial charge in [-0.25, -0.2) is 0 Å². The minimum absolute atomic E-state index is 0.0721. The first-order valence-electron chi connectivity index (χ1n) is 5.85. The van der Waals surface area contributed by atoms with Crippen LogP contribution >= 0.6 is 0 Å². The van der Waals surface area contributed by atoms with Crippen molar-refractivity contribution < 1.29 is 14.7 Å². The first-order valence-corrected chi connectivity index (χ1v) is 5.85. The number of carbonyl (C=O) groups excluding carboxylic acids is 1. The number of carboxylic acids is 1. The molecule has 1 amide bonds. The maximum absolute atomic E-state index is 11.2. The summed E-state index contributed by atoms with van der Waals surface area (Å²) < 4.78 is 0. The molecule has 0 atom stereocenters. The van der Waals surface area contributed by atoms with Crippen LogP contribution in [0.25, 0.3) is 0 Å². The van der Waals surface area contributed by atoms with E-state index in [1.54, 1.807) is 0 Å². The fourth-order valence-electron chi connectivity index (χ4n) is 1.95. The van der Waals surface area contributed by atoms with E-state index in [1.807, 2.05) is 6.92 Å². The van der Waals surface area contributed by atoms with Gasteiger partial charge in [0.15, 0.2) is 0 Å². The molecule has 1 aliphatic rings. The van der Waals surface area contributed by atoms with Gasteiger partial charge in [-0.2, -0.15) is 0 Å². The van der Waals surface area contributed by atoms with Crippen LogP contribution in [0, 0.1) is 5.92 Å². The second kappa shape index (κ2) is 6.48. The van der Waals surface area contributed by atoms with Crippen LogP contribution in [-0.2, 0) is 9.59 Å². The summed E-state index contributed by atoms with van der Waals surface area (Å²) in [6.45, 7) is 4.88.